The summed E-state index contributed by atoms with van der Waals surface area (Å²) in [6.07, 6.45) is 2.92. The predicted octanol–water partition coefficient (Wildman–Crippen LogP) is 3.61. The van der Waals surface area contributed by atoms with Gasteiger partial charge in [-0.1, -0.05) is 0 Å². The number of benzene rings is 1. The summed E-state index contributed by atoms with van der Waals surface area (Å²) in [5, 5.41) is 3.50. The van der Waals surface area contributed by atoms with Crippen LogP contribution in [0.2, 0.25) is 0 Å². The molecule has 0 saturated heterocycles. The van der Waals surface area contributed by atoms with Crippen molar-refractivity contribution in [1.29, 1.82) is 0 Å². The SMILES string of the molecule is Fc1ccc2c(c1)C(NCc1cncs1)CCS2. The average Bonchev–Trinajstić information content (AvgIpc) is 2.89. The van der Waals surface area contributed by atoms with Gasteiger partial charge in [0.2, 0.25) is 0 Å². The molecule has 0 bridgehead atoms. The van der Waals surface area contributed by atoms with Crippen LogP contribution < -0.4 is 5.32 Å². The summed E-state index contributed by atoms with van der Waals surface area (Å²) in [7, 11) is 0. The van der Waals surface area contributed by atoms with E-state index >= 15 is 0 Å². The molecule has 1 aromatic heterocycles. The van der Waals surface area contributed by atoms with Crippen molar-refractivity contribution in [2.75, 3.05) is 5.75 Å². The topological polar surface area (TPSA) is 24.9 Å². The molecule has 2 nitrogen and oxygen atoms in total. The van der Waals surface area contributed by atoms with Gasteiger partial charge in [0.15, 0.2) is 0 Å². The van der Waals surface area contributed by atoms with Crippen LogP contribution in [-0.4, -0.2) is 10.7 Å². The monoisotopic (exact) mass is 280 g/mol. The van der Waals surface area contributed by atoms with Crippen molar-refractivity contribution in [3.63, 3.8) is 0 Å². The molecular formula is C13H13FN2S2. The van der Waals surface area contributed by atoms with Crippen LogP contribution in [-0.2, 0) is 6.54 Å². The predicted molar refractivity (Wildman–Crippen MR) is 73.4 cm³/mol. The summed E-state index contributed by atoms with van der Waals surface area (Å²) in [6.45, 7) is 0.802. The standard InChI is InChI=1S/C13H13FN2S2/c14-9-1-2-13-11(5-9)12(3-4-17-13)16-7-10-6-15-8-18-10/h1-2,5-6,8,12,16H,3-4,7H2. The molecule has 0 radical (unpaired) electrons. The van der Waals surface area contributed by atoms with Gasteiger partial charge in [-0.25, -0.2) is 4.39 Å². The van der Waals surface area contributed by atoms with Crippen molar-refractivity contribution < 1.29 is 4.39 Å². The minimum atomic E-state index is -0.152. The van der Waals surface area contributed by atoms with Crippen LogP contribution in [0.5, 0.6) is 0 Å². The first-order chi connectivity index (χ1) is 8.83. The smallest absolute Gasteiger partial charge is 0.123 e. The third-order valence-electron chi connectivity index (χ3n) is 3.02. The summed E-state index contributed by atoms with van der Waals surface area (Å²) in [5.74, 6) is 0.930. The number of rotatable bonds is 3. The third kappa shape index (κ3) is 2.58. The zero-order chi connectivity index (χ0) is 12.4. The minimum Gasteiger partial charge on any atom is -0.305 e. The van der Waals surface area contributed by atoms with Gasteiger partial charge in [0, 0.05) is 28.6 Å². The molecule has 2 aromatic rings. The minimum absolute atomic E-state index is 0.152. The van der Waals surface area contributed by atoms with Crippen molar-refractivity contribution >= 4 is 23.1 Å². The number of thiazole rings is 1. The summed E-state index contributed by atoms with van der Waals surface area (Å²) in [6, 6.07) is 5.33. The van der Waals surface area contributed by atoms with E-state index in [2.05, 4.69) is 10.3 Å². The fourth-order valence-corrected chi connectivity index (χ4v) is 3.78. The van der Waals surface area contributed by atoms with Gasteiger partial charge in [-0.3, -0.25) is 4.98 Å². The maximum atomic E-state index is 13.3. The van der Waals surface area contributed by atoms with Gasteiger partial charge in [-0.15, -0.1) is 23.1 Å². The zero-order valence-corrected chi connectivity index (χ0v) is 11.4. The first kappa shape index (κ1) is 12.1. The first-order valence-electron chi connectivity index (χ1n) is 5.86. The molecule has 0 aliphatic carbocycles. The molecule has 1 aliphatic rings. The molecule has 18 heavy (non-hydrogen) atoms. The third-order valence-corrected chi connectivity index (χ3v) is 4.92. The Kier molecular flexibility index (Phi) is 3.63. The second kappa shape index (κ2) is 5.38. The molecule has 5 heteroatoms. The maximum absolute atomic E-state index is 13.3. The van der Waals surface area contributed by atoms with E-state index in [1.165, 1.54) is 15.8 Å². The molecule has 3 rings (SSSR count). The van der Waals surface area contributed by atoms with E-state index in [1.807, 2.05) is 29.5 Å². The second-order valence-corrected chi connectivity index (χ2v) is 6.33. The Morgan fingerprint density at radius 2 is 2.39 bits per heavy atom. The average molecular weight is 280 g/mol. The van der Waals surface area contributed by atoms with Crippen LogP contribution >= 0.6 is 23.1 Å². The molecule has 0 amide bonds. The lowest BCUT2D eigenvalue weighted by Crippen LogP contribution is -2.24. The highest BCUT2D eigenvalue weighted by molar-refractivity contribution is 7.99. The maximum Gasteiger partial charge on any atom is 0.123 e. The van der Waals surface area contributed by atoms with Crippen LogP contribution in [0.4, 0.5) is 4.39 Å². The molecule has 1 aliphatic heterocycles. The molecule has 1 atom stereocenters. The molecule has 1 unspecified atom stereocenters. The van der Waals surface area contributed by atoms with Crippen molar-refractivity contribution in [1.82, 2.24) is 10.3 Å². The van der Waals surface area contributed by atoms with Crippen molar-refractivity contribution in [3.8, 4) is 0 Å². The fraction of sp³-hybridized carbons (Fsp3) is 0.308. The largest absolute Gasteiger partial charge is 0.305 e. The summed E-state index contributed by atoms with van der Waals surface area (Å²) < 4.78 is 13.3. The molecular weight excluding hydrogens is 267 g/mol. The Bertz CT molecular complexity index is 528. The summed E-state index contributed by atoms with van der Waals surface area (Å²) in [5.41, 5.74) is 2.93. The van der Waals surface area contributed by atoms with Gasteiger partial charge in [0.1, 0.15) is 5.82 Å². The number of aromatic nitrogens is 1. The lowest BCUT2D eigenvalue weighted by atomic mass is 10.0. The molecule has 94 valence electrons. The first-order valence-corrected chi connectivity index (χ1v) is 7.72. The van der Waals surface area contributed by atoms with Gasteiger partial charge in [-0.05, 0) is 35.9 Å². The Labute approximate surface area is 114 Å². The summed E-state index contributed by atoms with van der Waals surface area (Å²) >= 11 is 3.45. The van der Waals surface area contributed by atoms with Gasteiger partial charge in [0.25, 0.3) is 0 Å². The lowest BCUT2D eigenvalue weighted by molar-refractivity contribution is 0.507. The highest BCUT2D eigenvalue weighted by atomic mass is 32.2. The van der Waals surface area contributed by atoms with Gasteiger partial charge in [-0.2, -0.15) is 0 Å². The second-order valence-electron chi connectivity index (χ2n) is 4.22. The fourth-order valence-electron chi connectivity index (χ4n) is 2.13. The van der Waals surface area contributed by atoms with E-state index in [0.717, 1.165) is 24.3 Å². The number of hydrogen-bond acceptors (Lipinski definition) is 4. The number of halogens is 1. The molecule has 1 N–H and O–H groups in total. The van der Waals surface area contributed by atoms with Crippen LogP contribution in [0.15, 0.2) is 34.8 Å². The van der Waals surface area contributed by atoms with Crippen LogP contribution in [0.25, 0.3) is 0 Å². The zero-order valence-electron chi connectivity index (χ0n) is 9.73. The number of nitrogens with zero attached hydrogens (tertiary/aromatic N) is 1. The summed E-state index contributed by atoms with van der Waals surface area (Å²) in [4.78, 5) is 6.47. The van der Waals surface area contributed by atoms with E-state index in [1.54, 1.807) is 17.4 Å². The molecule has 0 spiro atoms. The van der Waals surface area contributed by atoms with E-state index in [-0.39, 0.29) is 11.9 Å². The number of fused-ring (bicyclic) bond motifs is 1. The van der Waals surface area contributed by atoms with Crippen LogP contribution in [0, 0.1) is 5.82 Å². The Morgan fingerprint density at radius 3 is 3.22 bits per heavy atom. The van der Waals surface area contributed by atoms with Crippen molar-refractivity contribution in [2.45, 2.75) is 23.9 Å². The molecule has 2 heterocycles. The van der Waals surface area contributed by atoms with Crippen molar-refractivity contribution in [3.05, 3.63) is 46.2 Å². The molecule has 0 fully saturated rings. The Morgan fingerprint density at radius 1 is 1.44 bits per heavy atom. The van der Waals surface area contributed by atoms with Crippen LogP contribution in [0.3, 0.4) is 0 Å². The Hall–Kier alpha value is -0.910. The number of hydrogen-bond donors (Lipinski definition) is 1. The van der Waals surface area contributed by atoms with Gasteiger partial charge < -0.3 is 5.32 Å². The van der Waals surface area contributed by atoms with Gasteiger partial charge in [0.05, 0.1) is 5.51 Å². The highest BCUT2D eigenvalue weighted by Gasteiger charge is 2.20. The lowest BCUT2D eigenvalue weighted by Gasteiger charge is -2.25. The van der Waals surface area contributed by atoms with Crippen molar-refractivity contribution in [2.24, 2.45) is 0 Å². The van der Waals surface area contributed by atoms with E-state index in [9.17, 15) is 4.39 Å². The van der Waals surface area contributed by atoms with Crippen LogP contribution in [0.1, 0.15) is 22.9 Å². The normalized spacial score (nSPS) is 18.6. The molecule has 1 aromatic carbocycles. The number of nitrogens with one attached hydrogen (secondary N) is 1. The molecule has 0 saturated carbocycles. The van der Waals surface area contributed by atoms with Gasteiger partial charge >= 0.3 is 0 Å². The van der Waals surface area contributed by atoms with E-state index < -0.39 is 0 Å². The highest BCUT2D eigenvalue weighted by Crippen LogP contribution is 2.36. The quantitative estimate of drug-likeness (QED) is 0.929. The van der Waals surface area contributed by atoms with E-state index in [0.29, 0.717) is 0 Å². The van der Waals surface area contributed by atoms with E-state index in [4.69, 9.17) is 0 Å². The number of thioether (sulfide) groups is 1. The Balaban J connectivity index is 1.76.